The standard InChI is InChI=1S/C13H18N4/c1-10(2)11-4-6-12(7-5-11)14-8-13-9-15-16-17(13)3/h4-7,9-10,14H,8H2,1-3H3. The molecule has 1 heterocycles. The van der Waals surface area contributed by atoms with E-state index in [2.05, 4.69) is 53.7 Å². The van der Waals surface area contributed by atoms with Crippen molar-refractivity contribution < 1.29 is 0 Å². The topological polar surface area (TPSA) is 42.7 Å². The molecule has 1 N–H and O–H groups in total. The highest BCUT2D eigenvalue weighted by atomic mass is 15.4. The van der Waals surface area contributed by atoms with Crippen molar-refractivity contribution in [2.24, 2.45) is 7.05 Å². The fourth-order valence-corrected chi connectivity index (χ4v) is 1.65. The average molecular weight is 230 g/mol. The summed E-state index contributed by atoms with van der Waals surface area (Å²) in [6.45, 7) is 5.14. The number of benzene rings is 1. The largest absolute Gasteiger partial charge is 0.379 e. The predicted molar refractivity (Wildman–Crippen MR) is 68.9 cm³/mol. The maximum atomic E-state index is 3.89. The van der Waals surface area contributed by atoms with E-state index in [9.17, 15) is 0 Å². The van der Waals surface area contributed by atoms with Crippen molar-refractivity contribution in [3.05, 3.63) is 41.7 Å². The molecule has 0 aliphatic carbocycles. The molecule has 0 unspecified atom stereocenters. The second-order valence-corrected chi connectivity index (χ2v) is 4.48. The average Bonchev–Trinajstić information content (AvgIpc) is 2.73. The molecule has 1 aromatic heterocycles. The van der Waals surface area contributed by atoms with Crippen molar-refractivity contribution in [1.29, 1.82) is 0 Å². The molecule has 17 heavy (non-hydrogen) atoms. The third-order valence-corrected chi connectivity index (χ3v) is 2.86. The Bertz CT molecular complexity index is 470. The molecule has 0 spiro atoms. The molecule has 0 fully saturated rings. The lowest BCUT2D eigenvalue weighted by Crippen LogP contribution is -2.05. The Morgan fingerprint density at radius 2 is 1.94 bits per heavy atom. The van der Waals surface area contributed by atoms with E-state index in [1.807, 2.05) is 7.05 Å². The minimum Gasteiger partial charge on any atom is -0.379 e. The van der Waals surface area contributed by atoms with Gasteiger partial charge in [0.15, 0.2) is 0 Å². The molecule has 0 radical (unpaired) electrons. The number of anilines is 1. The van der Waals surface area contributed by atoms with E-state index >= 15 is 0 Å². The van der Waals surface area contributed by atoms with E-state index in [0.717, 1.165) is 17.9 Å². The Morgan fingerprint density at radius 1 is 1.24 bits per heavy atom. The zero-order chi connectivity index (χ0) is 12.3. The third kappa shape index (κ3) is 2.84. The SMILES string of the molecule is CC(C)c1ccc(NCc2cnnn2C)cc1. The van der Waals surface area contributed by atoms with E-state index in [4.69, 9.17) is 0 Å². The fraction of sp³-hybridized carbons (Fsp3) is 0.385. The van der Waals surface area contributed by atoms with Crippen LogP contribution >= 0.6 is 0 Å². The third-order valence-electron chi connectivity index (χ3n) is 2.86. The number of hydrogen-bond acceptors (Lipinski definition) is 3. The van der Waals surface area contributed by atoms with Gasteiger partial charge in [-0.2, -0.15) is 0 Å². The summed E-state index contributed by atoms with van der Waals surface area (Å²) >= 11 is 0. The summed E-state index contributed by atoms with van der Waals surface area (Å²) < 4.78 is 1.77. The summed E-state index contributed by atoms with van der Waals surface area (Å²) in [5.41, 5.74) is 3.55. The molecule has 0 saturated heterocycles. The molecule has 1 aromatic carbocycles. The van der Waals surface area contributed by atoms with Gasteiger partial charge < -0.3 is 5.32 Å². The van der Waals surface area contributed by atoms with Gasteiger partial charge in [0.1, 0.15) is 0 Å². The van der Waals surface area contributed by atoms with Gasteiger partial charge in [0, 0.05) is 12.7 Å². The molecule has 0 bridgehead atoms. The molecule has 0 aliphatic heterocycles. The Morgan fingerprint density at radius 3 is 2.47 bits per heavy atom. The lowest BCUT2D eigenvalue weighted by Gasteiger charge is -2.09. The van der Waals surface area contributed by atoms with Crippen LogP contribution in [0, 0.1) is 0 Å². The highest BCUT2D eigenvalue weighted by Gasteiger charge is 2.01. The van der Waals surface area contributed by atoms with Crippen molar-refractivity contribution >= 4 is 5.69 Å². The summed E-state index contributed by atoms with van der Waals surface area (Å²) in [5, 5.41) is 11.1. The quantitative estimate of drug-likeness (QED) is 0.877. The number of nitrogens with zero attached hydrogens (tertiary/aromatic N) is 3. The molecule has 0 aliphatic rings. The van der Waals surface area contributed by atoms with Gasteiger partial charge in [0.25, 0.3) is 0 Å². The van der Waals surface area contributed by atoms with Gasteiger partial charge in [-0.05, 0) is 23.6 Å². The molecule has 90 valence electrons. The van der Waals surface area contributed by atoms with Crippen LogP contribution in [0.5, 0.6) is 0 Å². The van der Waals surface area contributed by atoms with E-state index in [1.54, 1.807) is 10.9 Å². The highest BCUT2D eigenvalue weighted by molar-refractivity contribution is 5.45. The number of aryl methyl sites for hydroxylation is 1. The molecule has 0 atom stereocenters. The Kier molecular flexibility index (Phi) is 3.42. The monoisotopic (exact) mass is 230 g/mol. The van der Waals surface area contributed by atoms with Crippen LogP contribution in [0.3, 0.4) is 0 Å². The van der Waals surface area contributed by atoms with Crippen molar-refractivity contribution in [1.82, 2.24) is 15.0 Å². The van der Waals surface area contributed by atoms with Crippen molar-refractivity contribution in [3.63, 3.8) is 0 Å². The second kappa shape index (κ2) is 4.99. The van der Waals surface area contributed by atoms with E-state index in [1.165, 1.54) is 5.56 Å². The summed E-state index contributed by atoms with van der Waals surface area (Å²) in [5.74, 6) is 0.574. The first-order valence-electron chi connectivity index (χ1n) is 5.84. The highest BCUT2D eigenvalue weighted by Crippen LogP contribution is 2.17. The molecular formula is C13H18N4. The van der Waals surface area contributed by atoms with Crippen LogP contribution in [0.2, 0.25) is 0 Å². The van der Waals surface area contributed by atoms with Crippen molar-refractivity contribution in [2.75, 3.05) is 5.32 Å². The lowest BCUT2D eigenvalue weighted by atomic mass is 10.0. The lowest BCUT2D eigenvalue weighted by molar-refractivity contribution is 0.683. The summed E-state index contributed by atoms with van der Waals surface area (Å²) in [6.07, 6.45) is 1.77. The predicted octanol–water partition coefficient (Wildman–Crippen LogP) is 2.55. The zero-order valence-corrected chi connectivity index (χ0v) is 10.5. The van der Waals surface area contributed by atoms with Gasteiger partial charge >= 0.3 is 0 Å². The van der Waals surface area contributed by atoms with Gasteiger partial charge in [-0.3, -0.25) is 4.68 Å². The van der Waals surface area contributed by atoms with Gasteiger partial charge in [-0.1, -0.05) is 31.2 Å². The number of nitrogens with one attached hydrogen (secondary N) is 1. The first-order chi connectivity index (χ1) is 8.16. The molecule has 0 saturated carbocycles. The molecule has 0 amide bonds. The van der Waals surface area contributed by atoms with Crippen LogP contribution in [0.4, 0.5) is 5.69 Å². The van der Waals surface area contributed by atoms with Gasteiger partial charge in [-0.15, -0.1) is 5.10 Å². The van der Waals surface area contributed by atoms with E-state index in [0.29, 0.717) is 5.92 Å². The fourth-order valence-electron chi connectivity index (χ4n) is 1.65. The van der Waals surface area contributed by atoms with Gasteiger partial charge in [-0.25, -0.2) is 0 Å². The van der Waals surface area contributed by atoms with Crippen LogP contribution in [0.25, 0.3) is 0 Å². The number of rotatable bonds is 4. The summed E-state index contributed by atoms with van der Waals surface area (Å²) in [4.78, 5) is 0. The first-order valence-corrected chi connectivity index (χ1v) is 5.84. The summed E-state index contributed by atoms with van der Waals surface area (Å²) in [7, 11) is 1.89. The molecular weight excluding hydrogens is 212 g/mol. The van der Waals surface area contributed by atoms with Crippen LogP contribution in [-0.4, -0.2) is 15.0 Å². The molecule has 4 heteroatoms. The van der Waals surface area contributed by atoms with Gasteiger partial charge in [0.05, 0.1) is 18.4 Å². The normalized spacial score (nSPS) is 10.8. The number of hydrogen-bond donors (Lipinski definition) is 1. The second-order valence-electron chi connectivity index (χ2n) is 4.48. The smallest absolute Gasteiger partial charge is 0.0774 e. The van der Waals surface area contributed by atoms with Crippen LogP contribution < -0.4 is 5.32 Å². The number of aromatic nitrogens is 3. The Balaban J connectivity index is 1.98. The zero-order valence-electron chi connectivity index (χ0n) is 10.5. The van der Waals surface area contributed by atoms with Crippen molar-refractivity contribution in [3.8, 4) is 0 Å². The molecule has 4 nitrogen and oxygen atoms in total. The van der Waals surface area contributed by atoms with Gasteiger partial charge in [0.2, 0.25) is 0 Å². The van der Waals surface area contributed by atoms with Crippen LogP contribution in [0.15, 0.2) is 30.5 Å². The Labute approximate surface area is 102 Å². The van der Waals surface area contributed by atoms with Crippen LogP contribution in [0.1, 0.15) is 31.0 Å². The first kappa shape index (κ1) is 11.6. The molecule has 2 aromatic rings. The van der Waals surface area contributed by atoms with Crippen LogP contribution in [-0.2, 0) is 13.6 Å². The molecule has 2 rings (SSSR count). The maximum Gasteiger partial charge on any atom is 0.0774 e. The minimum absolute atomic E-state index is 0.574. The van der Waals surface area contributed by atoms with Crippen molar-refractivity contribution in [2.45, 2.75) is 26.3 Å². The Hall–Kier alpha value is -1.84. The maximum absolute atomic E-state index is 3.89. The van der Waals surface area contributed by atoms with E-state index < -0.39 is 0 Å². The summed E-state index contributed by atoms with van der Waals surface area (Å²) in [6, 6.07) is 8.54. The minimum atomic E-state index is 0.574. The van der Waals surface area contributed by atoms with E-state index in [-0.39, 0.29) is 0 Å².